The van der Waals surface area contributed by atoms with Crippen molar-refractivity contribution in [1.29, 1.82) is 0 Å². The first kappa shape index (κ1) is 11.4. The zero-order valence-corrected chi connectivity index (χ0v) is 9.57. The van der Waals surface area contributed by atoms with Crippen LogP contribution in [0.4, 0.5) is 0 Å². The summed E-state index contributed by atoms with van der Waals surface area (Å²) in [4.78, 5) is 10.4. The fraction of sp³-hybridized carbons (Fsp3) is 0.333. The van der Waals surface area contributed by atoms with E-state index in [2.05, 4.69) is 16.7 Å². The Labute approximate surface area is 91.2 Å². The number of aliphatic imine (C=N–C) groups is 2. The van der Waals surface area contributed by atoms with Gasteiger partial charge in [0.2, 0.25) is 0 Å². The third-order valence-electron chi connectivity index (χ3n) is 2.05. The molecule has 0 amide bonds. The summed E-state index contributed by atoms with van der Waals surface area (Å²) >= 11 is 0. The van der Waals surface area contributed by atoms with Crippen LogP contribution < -0.4 is 0 Å². The van der Waals surface area contributed by atoms with Crippen LogP contribution in [0.1, 0.15) is 6.92 Å². The van der Waals surface area contributed by atoms with Crippen molar-refractivity contribution in [3.63, 3.8) is 0 Å². The van der Waals surface area contributed by atoms with Gasteiger partial charge in [0, 0.05) is 26.2 Å². The number of hydrogen-bond acceptors (Lipinski definition) is 3. The summed E-state index contributed by atoms with van der Waals surface area (Å²) in [7, 11) is 3.90. The van der Waals surface area contributed by atoms with Gasteiger partial charge in [0.15, 0.2) is 0 Å². The fourth-order valence-corrected chi connectivity index (χ4v) is 1.44. The number of hydrogen-bond donors (Lipinski definition) is 0. The second-order valence-electron chi connectivity index (χ2n) is 3.37. The predicted molar refractivity (Wildman–Crippen MR) is 66.5 cm³/mol. The zero-order chi connectivity index (χ0) is 11.3. The lowest BCUT2D eigenvalue weighted by molar-refractivity contribution is 0.505. The van der Waals surface area contributed by atoms with E-state index in [1.165, 1.54) is 0 Å². The van der Waals surface area contributed by atoms with Crippen molar-refractivity contribution in [1.82, 2.24) is 4.90 Å². The van der Waals surface area contributed by atoms with Gasteiger partial charge in [-0.15, -0.1) is 0 Å². The second kappa shape index (κ2) is 5.29. The van der Waals surface area contributed by atoms with Crippen LogP contribution in [0, 0.1) is 0 Å². The van der Waals surface area contributed by atoms with E-state index in [1.807, 2.05) is 50.2 Å². The highest BCUT2D eigenvalue weighted by Gasteiger charge is 2.11. The van der Waals surface area contributed by atoms with Crippen LogP contribution in [-0.2, 0) is 0 Å². The molecule has 3 nitrogen and oxygen atoms in total. The number of rotatable bonds is 3. The first-order valence-electron chi connectivity index (χ1n) is 4.98. The van der Waals surface area contributed by atoms with Gasteiger partial charge >= 0.3 is 0 Å². The molecule has 0 saturated carbocycles. The molecule has 0 atom stereocenters. The van der Waals surface area contributed by atoms with E-state index in [4.69, 9.17) is 0 Å². The third kappa shape index (κ3) is 2.65. The van der Waals surface area contributed by atoms with Gasteiger partial charge in [0.25, 0.3) is 0 Å². The molecule has 0 fully saturated rings. The SMILES string of the molecule is C=N/C(=C1/C=CC=CC1=NCC)N(C)C. The summed E-state index contributed by atoms with van der Waals surface area (Å²) in [5.74, 6) is 0.850. The van der Waals surface area contributed by atoms with Gasteiger partial charge in [-0.05, 0) is 25.8 Å². The molecule has 0 radical (unpaired) electrons. The van der Waals surface area contributed by atoms with Crippen molar-refractivity contribution < 1.29 is 0 Å². The maximum Gasteiger partial charge on any atom is 0.136 e. The standard InChI is InChI=1S/C12H17N3/c1-5-14-11-9-7-6-8-10(11)12(13-2)15(3)4/h6-9H,2,5H2,1,3-4H3/b12-10+,14-11?. The molecule has 0 N–H and O–H groups in total. The topological polar surface area (TPSA) is 28.0 Å². The third-order valence-corrected chi connectivity index (χ3v) is 2.05. The Balaban J connectivity index is 3.20. The van der Waals surface area contributed by atoms with Crippen LogP contribution in [0.2, 0.25) is 0 Å². The van der Waals surface area contributed by atoms with Gasteiger partial charge in [0.05, 0.1) is 5.71 Å². The van der Waals surface area contributed by atoms with Crippen LogP contribution >= 0.6 is 0 Å². The molecular weight excluding hydrogens is 186 g/mol. The largest absolute Gasteiger partial charge is 0.362 e. The summed E-state index contributed by atoms with van der Waals surface area (Å²) < 4.78 is 0. The van der Waals surface area contributed by atoms with Crippen LogP contribution in [-0.4, -0.2) is 38.0 Å². The average molecular weight is 203 g/mol. The van der Waals surface area contributed by atoms with Crippen LogP contribution in [0.5, 0.6) is 0 Å². The molecule has 0 bridgehead atoms. The Morgan fingerprint density at radius 1 is 1.33 bits per heavy atom. The van der Waals surface area contributed by atoms with Crippen molar-refractivity contribution in [2.75, 3.05) is 20.6 Å². The molecule has 0 spiro atoms. The number of nitrogens with zero attached hydrogens (tertiary/aromatic N) is 3. The molecule has 0 aromatic rings. The van der Waals surface area contributed by atoms with E-state index >= 15 is 0 Å². The highest BCUT2D eigenvalue weighted by molar-refractivity contribution is 6.12. The minimum Gasteiger partial charge on any atom is -0.362 e. The lowest BCUT2D eigenvalue weighted by Crippen LogP contribution is -2.15. The zero-order valence-electron chi connectivity index (χ0n) is 9.57. The summed E-state index contributed by atoms with van der Waals surface area (Å²) in [5.41, 5.74) is 2.00. The van der Waals surface area contributed by atoms with E-state index in [0.29, 0.717) is 0 Å². The van der Waals surface area contributed by atoms with E-state index in [0.717, 1.165) is 23.7 Å². The molecule has 1 aliphatic carbocycles. The molecule has 1 rings (SSSR count). The van der Waals surface area contributed by atoms with Gasteiger partial charge in [0.1, 0.15) is 5.82 Å². The first-order chi connectivity index (χ1) is 7.20. The van der Waals surface area contributed by atoms with E-state index < -0.39 is 0 Å². The minimum absolute atomic E-state index is 0.773. The van der Waals surface area contributed by atoms with Crippen LogP contribution in [0.3, 0.4) is 0 Å². The van der Waals surface area contributed by atoms with Crippen molar-refractivity contribution >= 4 is 12.4 Å². The Morgan fingerprint density at radius 2 is 2.00 bits per heavy atom. The lowest BCUT2D eigenvalue weighted by atomic mass is 10.1. The molecule has 80 valence electrons. The predicted octanol–water partition coefficient (Wildman–Crippen LogP) is 2.05. The molecular formula is C12H17N3. The summed E-state index contributed by atoms with van der Waals surface area (Å²) in [5, 5.41) is 0. The minimum atomic E-state index is 0.773. The Hall–Kier alpha value is -1.64. The van der Waals surface area contributed by atoms with Crippen molar-refractivity contribution in [2.24, 2.45) is 9.98 Å². The lowest BCUT2D eigenvalue weighted by Gasteiger charge is -2.17. The molecule has 15 heavy (non-hydrogen) atoms. The summed E-state index contributed by atoms with van der Waals surface area (Å²) in [6.45, 7) is 6.38. The quantitative estimate of drug-likeness (QED) is 0.645. The van der Waals surface area contributed by atoms with Crippen molar-refractivity contribution in [3.05, 3.63) is 35.7 Å². The highest BCUT2D eigenvalue weighted by Crippen LogP contribution is 2.16. The summed E-state index contributed by atoms with van der Waals surface area (Å²) in [6.07, 6.45) is 7.97. The monoisotopic (exact) mass is 203 g/mol. The van der Waals surface area contributed by atoms with E-state index in [9.17, 15) is 0 Å². The van der Waals surface area contributed by atoms with Gasteiger partial charge in [-0.25, -0.2) is 4.99 Å². The first-order valence-corrected chi connectivity index (χ1v) is 4.98. The van der Waals surface area contributed by atoms with Gasteiger partial charge in [-0.2, -0.15) is 0 Å². The molecule has 1 aliphatic rings. The fourth-order valence-electron chi connectivity index (χ4n) is 1.44. The van der Waals surface area contributed by atoms with Gasteiger partial charge in [-0.1, -0.05) is 12.2 Å². The van der Waals surface area contributed by atoms with Crippen molar-refractivity contribution in [3.8, 4) is 0 Å². The Kier molecular flexibility index (Phi) is 4.03. The molecule has 0 saturated heterocycles. The highest BCUT2D eigenvalue weighted by atomic mass is 15.2. The van der Waals surface area contributed by atoms with E-state index in [1.54, 1.807) is 0 Å². The maximum atomic E-state index is 4.42. The van der Waals surface area contributed by atoms with Crippen LogP contribution in [0.15, 0.2) is 45.7 Å². The van der Waals surface area contributed by atoms with Crippen LogP contribution in [0.25, 0.3) is 0 Å². The summed E-state index contributed by atoms with van der Waals surface area (Å²) in [6, 6.07) is 0. The number of allylic oxidation sites excluding steroid dienone is 5. The Bertz CT molecular complexity index is 357. The smallest absolute Gasteiger partial charge is 0.136 e. The average Bonchev–Trinajstić information content (AvgIpc) is 2.21. The molecule has 0 aliphatic heterocycles. The molecule has 0 heterocycles. The van der Waals surface area contributed by atoms with Gasteiger partial charge < -0.3 is 4.90 Å². The van der Waals surface area contributed by atoms with Crippen molar-refractivity contribution in [2.45, 2.75) is 6.92 Å². The molecule has 0 aromatic heterocycles. The molecule has 0 aromatic carbocycles. The Morgan fingerprint density at radius 3 is 2.53 bits per heavy atom. The molecule has 0 unspecified atom stereocenters. The maximum absolute atomic E-state index is 4.42. The van der Waals surface area contributed by atoms with Gasteiger partial charge in [-0.3, -0.25) is 4.99 Å². The van der Waals surface area contributed by atoms with E-state index in [-0.39, 0.29) is 0 Å². The normalized spacial score (nSPS) is 20.6. The second-order valence-corrected chi connectivity index (χ2v) is 3.37. The molecule has 3 heteroatoms.